The molecular weight excluding hydrogens is 398 g/mol. The van der Waals surface area contributed by atoms with Gasteiger partial charge in [0.2, 0.25) is 11.8 Å². The van der Waals surface area contributed by atoms with Crippen LogP contribution in [0.5, 0.6) is 5.75 Å². The number of benzene rings is 2. The van der Waals surface area contributed by atoms with Crippen molar-refractivity contribution in [3.05, 3.63) is 58.6 Å². The molecular formula is C19H18BrN3O3. The van der Waals surface area contributed by atoms with Gasteiger partial charge in [-0.05, 0) is 42.0 Å². The first-order chi connectivity index (χ1) is 12.6. The molecule has 1 aliphatic heterocycles. The van der Waals surface area contributed by atoms with Crippen LogP contribution < -0.4 is 15.1 Å². The van der Waals surface area contributed by atoms with Crippen LogP contribution in [0.4, 0.5) is 5.69 Å². The van der Waals surface area contributed by atoms with Gasteiger partial charge in [0.15, 0.2) is 0 Å². The van der Waals surface area contributed by atoms with Crippen molar-refractivity contribution in [2.45, 2.75) is 6.42 Å². The average molecular weight is 416 g/mol. The molecule has 0 bridgehead atoms. The molecule has 0 aromatic heterocycles. The summed E-state index contributed by atoms with van der Waals surface area (Å²) >= 11 is 3.36. The van der Waals surface area contributed by atoms with E-state index in [0.717, 1.165) is 21.5 Å². The maximum absolute atomic E-state index is 12.3. The largest absolute Gasteiger partial charge is 0.497 e. The zero-order chi connectivity index (χ0) is 18.5. The number of hydrazone groups is 1. The van der Waals surface area contributed by atoms with E-state index in [4.69, 9.17) is 4.74 Å². The van der Waals surface area contributed by atoms with E-state index >= 15 is 0 Å². The monoisotopic (exact) mass is 415 g/mol. The van der Waals surface area contributed by atoms with Crippen LogP contribution in [-0.4, -0.2) is 31.7 Å². The van der Waals surface area contributed by atoms with Gasteiger partial charge in [0, 0.05) is 23.1 Å². The van der Waals surface area contributed by atoms with Crippen molar-refractivity contribution >= 4 is 39.6 Å². The Morgan fingerprint density at radius 1 is 1.23 bits per heavy atom. The lowest BCUT2D eigenvalue weighted by atomic mass is 10.1. The van der Waals surface area contributed by atoms with Gasteiger partial charge in [-0.25, -0.2) is 5.43 Å². The van der Waals surface area contributed by atoms with Gasteiger partial charge in [0.25, 0.3) is 0 Å². The molecule has 0 saturated carbocycles. The number of hydrogen-bond donors (Lipinski definition) is 1. The molecule has 0 radical (unpaired) electrons. The van der Waals surface area contributed by atoms with Crippen LogP contribution in [0.15, 0.2) is 58.1 Å². The van der Waals surface area contributed by atoms with Crippen molar-refractivity contribution in [3.8, 4) is 5.75 Å². The summed E-state index contributed by atoms with van der Waals surface area (Å²) in [6.07, 6.45) is 1.74. The quantitative estimate of drug-likeness (QED) is 0.602. The Morgan fingerprint density at radius 2 is 1.92 bits per heavy atom. The normalized spacial score (nSPS) is 16.9. The van der Waals surface area contributed by atoms with Crippen LogP contribution in [0.1, 0.15) is 12.0 Å². The van der Waals surface area contributed by atoms with Crippen LogP contribution >= 0.6 is 15.9 Å². The number of ether oxygens (including phenoxy) is 1. The molecule has 26 heavy (non-hydrogen) atoms. The van der Waals surface area contributed by atoms with E-state index < -0.39 is 5.92 Å². The molecule has 134 valence electrons. The fraction of sp³-hybridized carbons (Fsp3) is 0.211. The van der Waals surface area contributed by atoms with Crippen LogP contribution in [0.3, 0.4) is 0 Å². The van der Waals surface area contributed by atoms with Gasteiger partial charge in [0.05, 0.1) is 19.2 Å². The van der Waals surface area contributed by atoms with Crippen molar-refractivity contribution in [2.24, 2.45) is 11.0 Å². The summed E-state index contributed by atoms with van der Waals surface area (Å²) in [5, 5.41) is 3.98. The average Bonchev–Trinajstić information content (AvgIpc) is 3.05. The highest BCUT2D eigenvalue weighted by Gasteiger charge is 2.35. The van der Waals surface area contributed by atoms with E-state index in [2.05, 4.69) is 26.5 Å². The van der Waals surface area contributed by atoms with Crippen LogP contribution in [0.2, 0.25) is 0 Å². The van der Waals surface area contributed by atoms with Crippen molar-refractivity contribution in [3.63, 3.8) is 0 Å². The lowest BCUT2D eigenvalue weighted by Gasteiger charge is -2.16. The summed E-state index contributed by atoms with van der Waals surface area (Å²) < 4.78 is 6.09. The summed E-state index contributed by atoms with van der Waals surface area (Å²) in [5.74, 6) is -0.0430. The first kappa shape index (κ1) is 18.1. The number of nitrogens with one attached hydrogen (secondary N) is 1. The minimum Gasteiger partial charge on any atom is -0.497 e. The summed E-state index contributed by atoms with van der Waals surface area (Å²) in [7, 11) is 1.59. The molecule has 1 fully saturated rings. The van der Waals surface area contributed by atoms with Gasteiger partial charge in [-0.3, -0.25) is 9.59 Å². The van der Waals surface area contributed by atoms with Gasteiger partial charge >= 0.3 is 0 Å². The Balaban J connectivity index is 1.58. The smallest absolute Gasteiger partial charge is 0.245 e. The zero-order valence-corrected chi connectivity index (χ0v) is 15.8. The van der Waals surface area contributed by atoms with Gasteiger partial charge < -0.3 is 9.64 Å². The molecule has 7 heteroatoms. The molecule has 3 rings (SSSR count). The van der Waals surface area contributed by atoms with E-state index in [-0.39, 0.29) is 18.2 Å². The van der Waals surface area contributed by atoms with Crippen LogP contribution in [0.25, 0.3) is 0 Å². The molecule has 1 heterocycles. The SMILES string of the molecule is COc1ccc(N2C[C@@H](C(=O)N/N=C\c3ccc(Br)cc3)CC2=O)cc1. The third kappa shape index (κ3) is 4.29. The third-order valence-electron chi connectivity index (χ3n) is 4.14. The number of anilines is 1. The van der Waals surface area contributed by atoms with E-state index in [0.29, 0.717) is 6.54 Å². The Bertz CT molecular complexity index is 819. The molecule has 2 aromatic carbocycles. The molecule has 2 aromatic rings. The Morgan fingerprint density at radius 3 is 2.58 bits per heavy atom. The van der Waals surface area contributed by atoms with Crippen molar-refractivity contribution in [1.29, 1.82) is 0 Å². The van der Waals surface area contributed by atoms with E-state index in [1.807, 2.05) is 36.4 Å². The summed E-state index contributed by atoms with van der Waals surface area (Å²) in [5.41, 5.74) is 4.14. The van der Waals surface area contributed by atoms with Crippen molar-refractivity contribution in [1.82, 2.24) is 5.43 Å². The minimum atomic E-state index is -0.424. The summed E-state index contributed by atoms with van der Waals surface area (Å²) in [4.78, 5) is 26.1. The molecule has 1 atom stereocenters. The molecule has 1 saturated heterocycles. The molecule has 1 N–H and O–H groups in total. The Hall–Kier alpha value is -2.67. The number of carbonyl (C=O) groups is 2. The molecule has 2 amide bonds. The third-order valence-corrected chi connectivity index (χ3v) is 4.67. The van der Waals surface area contributed by atoms with E-state index in [9.17, 15) is 9.59 Å². The summed E-state index contributed by atoms with van der Waals surface area (Å²) in [6.45, 7) is 0.338. The first-order valence-electron chi connectivity index (χ1n) is 8.09. The van der Waals surface area contributed by atoms with E-state index in [1.165, 1.54) is 0 Å². The van der Waals surface area contributed by atoms with Crippen molar-refractivity contribution in [2.75, 3.05) is 18.6 Å². The second-order valence-corrected chi connectivity index (χ2v) is 6.80. The topological polar surface area (TPSA) is 71.0 Å². The van der Waals surface area contributed by atoms with Gasteiger partial charge in [0.1, 0.15) is 5.75 Å². The lowest BCUT2D eigenvalue weighted by molar-refractivity contribution is -0.126. The predicted octanol–water partition coefficient (Wildman–Crippen LogP) is 2.96. The second kappa shape index (κ2) is 8.14. The number of amides is 2. The standard InChI is InChI=1S/C19H18BrN3O3/c1-26-17-8-6-16(7-9-17)23-12-14(10-18(23)24)19(25)22-21-11-13-2-4-15(20)5-3-13/h2-9,11,14H,10,12H2,1H3,(H,22,25)/b21-11-/t14-/m0/s1. The fourth-order valence-corrected chi connectivity index (χ4v) is 2.97. The molecule has 0 spiro atoms. The number of methoxy groups -OCH3 is 1. The number of nitrogens with zero attached hydrogens (tertiary/aromatic N) is 2. The molecule has 1 aliphatic rings. The highest BCUT2D eigenvalue weighted by Crippen LogP contribution is 2.26. The van der Waals surface area contributed by atoms with Gasteiger partial charge in [-0.2, -0.15) is 5.10 Å². The number of hydrogen-bond acceptors (Lipinski definition) is 4. The van der Waals surface area contributed by atoms with Crippen LogP contribution in [-0.2, 0) is 9.59 Å². The number of rotatable bonds is 5. The lowest BCUT2D eigenvalue weighted by Crippen LogP contribution is -2.30. The second-order valence-electron chi connectivity index (χ2n) is 5.89. The fourth-order valence-electron chi connectivity index (χ4n) is 2.71. The summed E-state index contributed by atoms with van der Waals surface area (Å²) in [6, 6.07) is 14.7. The predicted molar refractivity (Wildman–Crippen MR) is 103 cm³/mol. The number of carbonyl (C=O) groups excluding carboxylic acids is 2. The van der Waals surface area contributed by atoms with Crippen LogP contribution in [0, 0.1) is 5.92 Å². The minimum absolute atomic E-state index is 0.0767. The Kier molecular flexibility index (Phi) is 5.68. The van der Waals surface area contributed by atoms with Gasteiger partial charge in [-0.1, -0.05) is 28.1 Å². The molecule has 0 aliphatic carbocycles. The first-order valence-corrected chi connectivity index (χ1v) is 8.89. The van der Waals surface area contributed by atoms with Crippen molar-refractivity contribution < 1.29 is 14.3 Å². The highest BCUT2D eigenvalue weighted by atomic mass is 79.9. The van der Waals surface area contributed by atoms with Gasteiger partial charge in [-0.15, -0.1) is 0 Å². The highest BCUT2D eigenvalue weighted by molar-refractivity contribution is 9.10. The maximum atomic E-state index is 12.3. The number of halogens is 1. The maximum Gasteiger partial charge on any atom is 0.245 e. The Labute approximate surface area is 160 Å². The van der Waals surface area contributed by atoms with E-state index in [1.54, 1.807) is 30.4 Å². The molecule has 6 nitrogen and oxygen atoms in total. The zero-order valence-electron chi connectivity index (χ0n) is 14.2. The molecule has 0 unspecified atom stereocenters.